The SMILES string of the molecule is CCNC(=O)N(C)CC(=O)N1N=C(c2cccc(OC)c2)C[C@H]1c1ccccc1OC. The third-order valence-corrected chi connectivity index (χ3v) is 5.11. The number of amides is 3. The van der Waals surface area contributed by atoms with Crippen molar-refractivity contribution >= 4 is 17.6 Å². The highest BCUT2D eigenvalue weighted by Crippen LogP contribution is 2.37. The normalized spacial score (nSPS) is 15.3. The van der Waals surface area contributed by atoms with Crippen LogP contribution in [0, 0.1) is 0 Å². The molecule has 0 aliphatic carbocycles. The molecule has 1 heterocycles. The van der Waals surface area contributed by atoms with Crippen LogP contribution in [0.2, 0.25) is 0 Å². The van der Waals surface area contributed by atoms with Crippen molar-refractivity contribution in [1.82, 2.24) is 15.2 Å². The summed E-state index contributed by atoms with van der Waals surface area (Å²) in [6.07, 6.45) is 0.518. The Morgan fingerprint density at radius 2 is 1.94 bits per heavy atom. The number of urea groups is 1. The number of benzene rings is 2. The second-order valence-electron chi connectivity index (χ2n) is 7.17. The maximum absolute atomic E-state index is 13.2. The Balaban J connectivity index is 1.94. The number of rotatable bonds is 7. The second kappa shape index (κ2) is 9.97. The Morgan fingerprint density at radius 3 is 2.65 bits per heavy atom. The van der Waals surface area contributed by atoms with Crippen LogP contribution in [0.1, 0.15) is 30.5 Å². The number of nitrogens with one attached hydrogen (secondary N) is 1. The van der Waals surface area contributed by atoms with E-state index >= 15 is 0 Å². The van der Waals surface area contributed by atoms with Gasteiger partial charge in [-0.2, -0.15) is 5.10 Å². The van der Waals surface area contributed by atoms with E-state index in [1.54, 1.807) is 21.3 Å². The standard InChI is InChI=1S/C23H28N4O4/c1-5-24-23(29)26(2)15-22(28)27-20(18-11-6-7-12-21(18)31-4)14-19(25-27)16-9-8-10-17(13-16)30-3/h6-13,20H,5,14-15H2,1-4H3,(H,24,29)/t20-/m0/s1. The Labute approximate surface area is 182 Å². The van der Waals surface area contributed by atoms with Crippen LogP contribution >= 0.6 is 0 Å². The molecule has 0 saturated heterocycles. The molecule has 0 fully saturated rings. The van der Waals surface area contributed by atoms with Crippen LogP contribution in [0.4, 0.5) is 4.79 Å². The third kappa shape index (κ3) is 4.96. The highest BCUT2D eigenvalue weighted by atomic mass is 16.5. The number of likely N-dealkylation sites (N-methyl/N-ethyl adjacent to an activating group) is 1. The molecule has 0 aromatic heterocycles. The molecule has 3 rings (SSSR count). The van der Waals surface area contributed by atoms with Gasteiger partial charge in [0.2, 0.25) is 0 Å². The number of carbonyl (C=O) groups excluding carboxylic acids is 2. The van der Waals surface area contributed by atoms with Gasteiger partial charge in [-0.3, -0.25) is 4.79 Å². The molecular formula is C23H28N4O4. The number of carbonyl (C=O) groups is 2. The Hall–Kier alpha value is -3.55. The molecule has 164 valence electrons. The van der Waals surface area contributed by atoms with Crippen LogP contribution in [0.25, 0.3) is 0 Å². The number of nitrogens with zero attached hydrogens (tertiary/aromatic N) is 3. The van der Waals surface area contributed by atoms with E-state index in [4.69, 9.17) is 9.47 Å². The third-order valence-electron chi connectivity index (χ3n) is 5.11. The fourth-order valence-electron chi connectivity index (χ4n) is 3.53. The molecule has 0 unspecified atom stereocenters. The predicted octanol–water partition coefficient (Wildman–Crippen LogP) is 3.04. The lowest BCUT2D eigenvalue weighted by atomic mass is 9.97. The lowest BCUT2D eigenvalue weighted by Gasteiger charge is -2.25. The Kier molecular flexibility index (Phi) is 7.12. The van der Waals surface area contributed by atoms with Gasteiger partial charge in [0.05, 0.1) is 26.0 Å². The van der Waals surface area contributed by atoms with E-state index in [-0.39, 0.29) is 24.5 Å². The maximum Gasteiger partial charge on any atom is 0.317 e. The van der Waals surface area contributed by atoms with Gasteiger partial charge in [0.25, 0.3) is 5.91 Å². The number of methoxy groups -OCH3 is 2. The van der Waals surface area contributed by atoms with Crippen molar-refractivity contribution in [1.29, 1.82) is 0 Å². The number of para-hydroxylation sites is 1. The molecule has 2 aromatic rings. The zero-order chi connectivity index (χ0) is 22.4. The van der Waals surface area contributed by atoms with Crippen molar-refractivity contribution in [2.24, 2.45) is 5.10 Å². The molecule has 1 aliphatic heterocycles. The van der Waals surface area contributed by atoms with Crippen molar-refractivity contribution in [3.8, 4) is 11.5 Å². The quantitative estimate of drug-likeness (QED) is 0.741. The highest BCUT2D eigenvalue weighted by Gasteiger charge is 2.35. The van der Waals surface area contributed by atoms with Crippen LogP contribution in [-0.2, 0) is 4.79 Å². The van der Waals surface area contributed by atoms with Crippen LogP contribution in [0.3, 0.4) is 0 Å². The molecular weight excluding hydrogens is 396 g/mol. The first kappa shape index (κ1) is 22.1. The second-order valence-corrected chi connectivity index (χ2v) is 7.17. The number of ether oxygens (including phenoxy) is 2. The van der Waals surface area contributed by atoms with E-state index in [9.17, 15) is 9.59 Å². The van der Waals surface area contributed by atoms with Crippen LogP contribution in [-0.4, -0.2) is 61.9 Å². The molecule has 8 nitrogen and oxygen atoms in total. The summed E-state index contributed by atoms with van der Waals surface area (Å²) in [6.45, 7) is 2.23. The smallest absolute Gasteiger partial charge is 0.317 e. The summed E-state index contributed by atoms with van der Waals surface area (Å²) >= 11 is 0. The summed E-state index contributed by atoms with van der Waals surface area (Å²) < 4.78 is 10.9. The minimum atomic E-state index is -0.340. The van der Waals surface area contributed by atoms with Gasteiger partial charge >= 0.3 is 6.03 Å². The largest absolute Gasteiger partial charge is 0.497 e. The molecule has 3 amide bonds. The first-order chi connectivity index (χ1) is 15.0. The summed E-state index contributed by atoms with van der Waals surface area (Å²) in [6, 6.07) is 14.5. The minimum Gasteiger partial charge on any atom is -0.497 e. The lowest BCUT2D eigenvalue weighted by molar-refractivity contribution is -0.133. The van der Waals surface area contributed by atoms with Crippen molar-refractivity contribution in [3.05, 3.63) is 59.7 Å². The van der Waals surface area contributed by atoms with Gasteiger partial charge in [0.1, 0.15) is 18.0 Å². The monoisotopic (exact) mass is 424 g/mol. The molecule has 31 heavy (non-hydrogen) atoms. The molecule has 0 bridgehead atoms. The zero-order valence-electron chi connectivity index (χ0n) is 18.3. The van der Waals surface area contributed by atoms with E-state index in [0.29, 0.717) is 18.7 Å². The van der Waals surface area contributed by atoms with Crippen molar-refractivity contribution in [3.63, 3.8) is 0 Å². The highest BCUT2D eigenvalue weighted by molar-refractivity contribution is 6.03. The first-order valence-electron chi connectivity index (χ1n) is 10.1. The van der Waals surface area contributed by atoms with Gasteiger partial charge in [-0.15, -0.1) is 0 Å². The van der Waals surface area contributed by atoms with Crippen molar-refractivity contribution in [2.45, 2.75) is 19.4 Å². The van der Waals surface area contributed by atoms with E-state index in [2.05, 4.69) is 10.4 Å². The zero-order valence-corrected chi connectivity index (χ0v) is 18.3. The minimum absolute atomic E-state index is 0.0909. The maximum atomic E-state index is 13.2. The van der Waals surface area contributed by atoms with E-state index in [1.165, 1.54) is 9.91 Å². The molecule has 2 aromatic carbocycles. The fourth-order valence-corrected chi connectivity index (χ4v) is 3.53. The molecule has 1 aliphatic rings. The topological polar surface area (TPSA) is 83.5 Å². The average Bonchev–Trinajstić information content (AvgIpc) is 3.24. The number of hydrazone groups is 1. The summed E-state index contributed by atoms with van der Waals surface area (Å²) in [5, 5.41) is 8.81. The van der Waals surface area contributed by atoms with E-state index < -0.39 is 0 Å². The van der Waals surface area contributed by atoms with E-state index in [1.807, 2.05) is 55.5 Å². The summed E-state index contributed by atoms with van der Waals surface area (Å²) in [5.74, 6) is 1.13. The molecule has 1 atom stereocenters. The van der Waals surface area contributed by atoms with Crippen molar-refractivity contribution < 1.29 is 19.1 Å². The number of hydrogen-bond donors (Lipinski definition) is 1. The summed E-state index contributed by atoms with van der Waals surface area (Å²) in [4.78, 5) is 26.6. The Morgan fingerprint density at radius 1 is 1.16 bits per heavy atom. The van der Waals surface area contributed by atoms with Crippen LogP contribution in [0.5, 0.6) is 11.5 Å². The van der Waals surface area contributed by atoms with Gasteiger partial charge < -0.3 is 19.7 Å². The lowest BCUT2D eigenvalue weighted by Crippen LogP contribution is -2.43. The van der Waals surface area contributed by atoms with Gasteiger partial charge in [-0.05, 0) is 25.1 Å². The van der Waals surface area contributed by atoms with Crippen molar-refractivity contribution in [2.75, 3.05) is 34.4 Å². The number of hydrogen-bond acceptors (Lipinski definition) is 5. The molecule has 0 radical (unpaired) electrons. The Bertz CT molecular complexity index is 976. The van der Waals surface area contributed by atoms with Gasteiger partial charge in [-0.25, -0.2) is 9.80 Å². The first-order valence-corrected chi connectivity index (χ1v) is 10.1. The van der Waals surface area contributed by atoms with Crippen LogP contribution < -0.4 is 14.8 Å². The molecule has 8 heteroatoms. The predicted molar refractivity (Wildman–Crippen MR) is 118 cm³/mol. The van der Waals surface area contributed by atoms with Gasteiger partial charge in [0.15, 0.2) is 0 Å². The van der Waals surface area contributed by atoms with Gasteiger partial charge in [0, 0.05) is 31.1 Å². The fraction of sp³-hybridized carbons (Fsp3) is 0.348. The van der Waals surface area contributed by atoms with E-state index in [0.717, 1.165) is 22.6 Å². The van der Waals surface area contributed by atoms with Crippen LogP contribution in [0.15, 0.2) is 53.6 Å². The molecule has 0 saturated carbocycles. The summed E-state index contributed by atoms with van der Waals surface area (Å²) in [5.41, 5.74) is 2.51. The average molecular weight is 425 g/mol. The molecule has 1 N–H and O–H groups in total. The van der Waals surface area contributed by atoms with Gasteiger partial charge in [-0.1, -0.05) is 30.3 Å². The molecule has 0 spiro atoms. The summed E-state index contributed by atoms with van der Waals surface area (Å²) in [7, 11) is 4.80.